The van der Waals surface area contributed by atoms with Gasteiger partial charge in [0.2, 0.25) is 5.91 Å². The molecule has 0 bridgehead atoms. The molecule has 0 saturated carbocycles. The van der Waals surface area contributed by atoms with Crippen LogP contribution in [0.2, 0.25) is 0 Å². The molecule has 2 fully saturated rings. The molecule has 0 aromatic heterocycles. The number of piperidine rings is 1. The average molecular weight is 485 g/mol. The molecule has 2 aliphatic heterocycles. The van der Waals surface area contributed by atoms with Gasteiger partial charge < -0.3 is 24.8 Å². The number of methoxy groups -OCH3 is 1. The van der Waals surface area contributed by atoms with Gasteiger partial charge >= 0.3 is 0 Å². The summed E-state index contributed by atoms with van der Waals surface area (Å²) in [6, 6.07) is 17.5. The van der Waals surface area contributed by atoms with Crippen LogP contribution in [0.25, 0.3) is 22.3 Å². The molecule has 6 rings (SSSR count). The molecule has 3 aromatic rings. The first-order chi connectivity index (χ1) is 17.5. The monoisotopic (exact) mass is 484 g/mol. The number of nitrogens with zero attached hydrogens (tertiary/aromatic N) is 1. The van der Waals surface area contributed by atoms with Gasteiger partial charge in [-0.2, -0.15) is 0 Å². The largest absolute Gasteiger partial charge is 0.497 e. The van der Waals surface area contributed by atoms with Crippen LogP contribution in [0.3, 0.4) is 0 Å². The Kier molecular flexibility index (Phi) is 5.54. The minimum Gasteiger partial charge on any atom is -0.497 e. The predicted molar refractivity (Wildman–Crippen MR) is 135 cm³/mol. The van der Waals surface area contributed by atoms with E-state index in [-0.39, 0.29) is 5.91 Å². The Balaban J connectivity index is 1.30. The lowest BCUT2D eigenvalue weighted by molar-refractivity contribution is -0.181. The first-order valence-electron chi connectivity index (χ1n) is 12.3. The van der Waals surface area contributed by atoms with E-state index >= 15 is 0 Å². The number of ether oxygens (including phenoxy) is 3. The maximum absolute atomic E-state index is 13.3. The molecule has 1 aliphatic carbocycles. The summed E-state index contributed by atoms with van der Waals surface area (Å²) in [5.74, 6) is -0.221. The highest BCUT2D eigenvalue weighted by molar-refractivity contribution is 6.01. The van der Waals surface area contributed by atoms with Gasteiger partial charge in [-0.05, 0) is 76.2 Å². The molecule has 2 heterocycles. The summed E-state index contributed by atoms with van der Waals surface area (Å²) in [5.41, 5.74) is 12.7. The number of hydrogen-bond donors (Lipinski definition) is 1. The van der Waals surface area contributed by atoms with Crippen molar-refractivity contribution in [3.63, 3.8) is 0 Å². The van der Waals surface area contributed by atoms with E-state index in [1.165, 1.54) is 0 Å². The highest BCUT2D eigenvalue weighted by Gasteiger charge is 2.41. The van der Waals surface area contributed by atoms with Gasteiger partial charge in [0.05, 0.1) is 20.3 Å². The molecule has 2 saturated heterocycles. The molecular weight excluding hydrogens is 456 g/mol. The molecule has 3 aromatic carbocycles. The number of likely N-dealkylation sites (tertiary alicyclic amines) is 1. The SMILES string of the molecule is COc1cccc(-c2cc(C(N)=O)c3c(c2)-c2ccc(C(=O)N4CCC5(CC4)OCCO5)cc2C3)c1. The van der Waals surface area contributed by atoms with Crippen molar-refractivity contribution in [3.05, 3.63) is 76.9 Å². The van der Waals surface area contributed by atoms with Crippen molar-refractivity contribution in [1.29, 1.82) is 0 Å². The van der Waals surface area contributed by atoms with Gasteiger partial charge in [0.15, 0.2) is 5.79 Å². The molecule has 1 spiro atoms. The van der Waals surface area contributed by atoms with Crippen LogP contribution in [0.15, 0.2) is 54.6 Å². The third-order valence-electron chi connectivity index (χ3n) is 7.55. The van der Waals surface area contributed by atoms with E-state index in [1.807, 2.05) is 53.4 Å². The van der Waals surface area contributed by atoms with Gasteiger partial charge in [0, 0.05) is 37.1 Å². The first-order valence-corrected chi connectivity index (χ1v) is 12.3. The highest BCUT2D eigenvalue weighted by Crippen LogP contribution is 2.42. The number of carbonyl (C=O) groups is 2. The van der Waals surface area contributed by atoms with E-state index in [0.717, 1.165) is 39.1 Å². The first kappa shape index (κ1) is 22.8. The maximum atomic E-state index is 13.3. The molecule has 0 radical (unpaired) electrons. The molecule has 2 N–H and O–H groups in total. The van der Waals surface area contributed by atoms with Gasteiger partial charge in [-0.3, -0.25) is 9.59 Å². The molecule has 7 nitrogen and oxygen atoms in total. The smallest absolute Gasteiger partial charge is 0.253 e. The lowest BCUT2D eigenvalue weighted by Gasteiger charge is -2.37. The topological polar surface area (TPSA) is 91.1 Å². The third-order valence-corrected chi connectivity index (χ3v) is 7.55. The Labute approximate surface area is 209 Å². The summed E-state index contributed by atoms with van der Waals surface area (Å²) in [4.78, 5) is 27.6. The Bertz CT molecular complexity index is 1370. The van der Waals surface area contributed by atoms with E-state index < -0.39 is 11.7 Å². The number of nitrogens with two attached hydrogens (primary N) is 1. The van der Waals surface area contributed by atoms with Crippen molar-refractivity contribution >= 4 is 11.8 Å². The number of rotatable bonds is 4. The van der Waals surface area contributed by atoms with E-state index in [0.29, 0.717) is 56.7 Å². The van der Waals surface area contributed by atoms with E-state index in [4.69, 9.17) is 19.9 Å². The summed E-state index contributed by atoms with van der Waals surface area (Å²) >= 11 is 0. The van der Waals surface area contributed by atoms with Crippen molar-refractivity contribution in [3.8, 4) is 28.0 Å². The van der Waals surface area contributed by atoms with E-state index in [1.54, 1.807) is 7.11 Å². The van der Waals surface area contributed by atoms with Crippen molar-refractivity contribution in [2.24, 2.45) is 5.73 Å². The van der Waals surface area contributed by atoms with Gasteiger partial charge in [-0.15, -0.1) is 0 Å². The molecule has 2 amide bonds. The van der Waals surface area contributed by atoms with E-state index in [9.17, 15) is 9.59 Å². The van der Waals surface area contributed by atoms with Gasteiger partial charge in [-0.1, -0.05) is 18.2 Å². The average Bonchev–Trinajstić information content (AvgIpc) is 3.52. The minimum absolute atomic E-state index is 0.00815. The van der Waals surface area contributed by atoms with Gasteiger partial charge in [-0.25, -0.2) is 0 Å². The lowest BCUT2D eigenvalue weighted by atomic mass is 9.94. The van der Waals surface area contributed by atoms with Crippen molar-refractivity contribution in [1.82, 2.24) is 4.90 Å². The fraction of sp³-hybridized carbons (Fsp3) is 0.310. The summed E-state index contributed by atoms with van der Waals surface area (Å²) in [7, 11) is 1.63. The van der Waals surface area contributed by atoms with Crippen LogP contribution in [-0.4, -0.2) is 55.9 Å². The molecule has 0 atom stereocenters. The van der Waals surface area contributed by atoms with Crippen molar-refractivity contribution < 1.29 is 23.8 Å². The second-order valence-corrected chi connectivity index (χ2v) is 9.59. The number of fused-ring (bicyclic) bond motifs is 3. The van der Waals surface area contributed by atoms with Crippen LogP contribution in [0.4, 0.5) is 0 Å². The summed E-state index contributed by atoms with van der Waals surface area (Å²) in [6.07, 6.45) is 1.93. The standard InChI is InChI=1S/C29H28N2O5/c1-34-22-4-2-3-18(14-22)20-15-24-23-6-5-19(13-21(23)17-25(24)26(16-20)27(30)32)28(33)31-9-7-29(8-10-31)35-11-12-36-29/h2-6,13-16H,7-12,17H2,1H3,(H2,30,32). The fourth-order valence-corrected chi connectivity index (χ4v) is 5.64. The zero-order chi connectivity index (χ0) is 24.9. The fourth-order valence-electron chi connectivity index (χ4n) is 5.64. The van der Waals surface area contributed by atoms with E-state index in [2.05, 4.69) is 6.07 Å². The number of hydrogen-bond acceptors (Lipinski definition) is 5. The van der Waals surface area contributed by atoms with Crippen LogP contribution in [0.5, 0.6) is 5.75 Å². The van der Waals surface area contributed by atoms with Gasteiger partial charge in [0.1, 0.15) is 5.75 Å². The summed E-state index contributed by atoms with van der Waals surface area (Å²) in [5, 5.41) is 0. The number of primary amides is 1. The molecular formula is C29H28N2O5. The quantitative estimate of drug-likeness (QED) is 0.473. The maximum Gasteiger partial charge on any atom is 0.253 e. The lowest BCUT2D eigenvalue weighted by Crippen LogP contribution is -2.47. The summed E-state index contributed by atoms with van der Waals surface area (Å²) < 4.78 is 17.0. The molecule has 184 valence electrons. The molecule has 7 heteroatoms. The van der Waals surface area contributed by atoms with Crippen LogP contribution < -0.4 is 10.5 Å². The Hall–Kier alpha value is -3.68. The predicted octanol–water partition coefficient (Wildman–Crippen LogP) is 4.01. The number of amides is 2. The molecule has 0 unspecified atom stereocenters. The Morgan fingerprint density at radius 1 is 0.944 bits per heavy atom. The van der Waals surface area contributed by atoms with Crippen LogP contribution in [0, 0.1) is 0 Å². The van der Waals surface area contributed by atoms with Crippen molar-refractivity contribution in [2.75, 3.05) is 33.4 Å². The Morgan fingerprint density at radius 3 is 2.44 bits per heavy atom. The summed E-state index contributed by atoms with van der Waals surface area (Å²) in [6.45, 7) is 2.44. The van der Waals surface area contributed by atoms with Crippen molar-refractivity contribution in [2.45, 2.75) is 25.0 Å². The van der Waals surface area contributed by atoms with Crippen LogP contribution in [-0.2, 0) is 15.9 Å². The third kappa shape index (κ3) is 3.85. The van der Waals surface area contributed by atoms with Gasteiger partial charge in [0.25, 0.3) is 5.91 Å². The number of benzene rings is 3. The van der Waals surface area contributed by atoms with Crippen LogP contribution >= 0.6 is 0 Å². The molecule has 36 heavy (non-hydrogen) atoms. The number of carbonyl (C=O) groups excluding carboxylic acids is 2. The zero-order valence-electron chi connectivity index (χ0n) is 20.2. The highest BCUT2D eigenvalue weighted by atomic mass is 16.7. The van der Waals surface area contributed by atoms with Crippen LogP contribution in [0.1, 0.15) is 44.7 Å². The normalized spacial score (nSPS) is 17.6. The minimum atomic E-state index is -0.512. The molecule has 3 aliphatic rings. The Morgan fingerprint density at radius 2 is 1.72 bits per heavy atom. The second-order valence-electron chi connectivity index (χ2n) is 9.59. The zero-order valence-corrected chi connectivity index (χ0v) is 20.2. The second kappa shape index (κ2) is 8.76.